The molecule has 0 fully saturated rings. The van der Waals surface area contributed by atoms with Crippen molar-refractivity contribution in [3.63, 3.8) is 0 Å². The van der Waals surface area contributed by atoms with E-state index in [0.717, 1.165) is 0 Å². The summed E-state index contributed by atoms with van der Waals surface area (Å²) in [6.45, 7) is 3.42. The number of aryl methyl sites for hydroxylation is 1. The van der Waals surface area contributed by atoms with E-state index in [-0.39, 0.29) is 11.9 Å². The largest absolute Gasteiger partial charge is 0.455 e. The van der Waals surface area contributed by atoms with E-state index < -0.39 is 0 Å². The molecule has 106 valence electrons. The number of halogens is 3. The zero-order valence-electron chi connectivity index (χ0n) is 11.1. The average Bonchev–Trinajstić information content (AvgIpc) is 2.38. The van der Waals surface area contributed by atoms with Crippen LogP contribution in [-0.4, -0.2) is 0 Å². The molecule has 20 heavy (non-hydrogen) atoms. The number of nitrogens with two attached hydrogens (primary N) is 1. The van der Waals surface area contributed by atoms with Crippen LogP contribution in [0.15, 0.2) is 30.3 Å². The Morgan fingerprint density at radius 1 is 1.20 bits per heavy atom. The third kappa shape index (κ3) is 3.06. The molecule has 0 aromatic heterocycles. The third-order valence-electron chi connectivity index (χ3n) is 2.92. The van der Waals surface area contributed by atoms with Crippen molar-refractivity contribution in [2.75, 3.05) is 0 Å². The van der Waals surface area contributed by atoms with Gasteiger partial charge in [0.05, 0.1) is 5.02 Å². The molecule has 1 atom stereocenters. The second kappa shape index (κ2) is 6.00. The fraction of sp³-hybridized carbons (Fsp3) is 0.200. The predicted molar refractivity (Wildman–Crippen MR) is 80.3 cm³/mol. The maximum absolute atomic E-state index is 13.6. The quantitative estimate of drug-likeness (QED) is 0.839. The summed E-state index contributed by atoms with van der Waals surface area (Å²) in [5, 5.41) is 0.706. The van der Waals surface area contributed by atoms with Crippen molar-refractivity contribution in [2.45, 2.75) is 19.9 Å². The van der Waals surface area contributed by atoms with Crippen LogP contribution in [0.4, 0.5) is 4.39 Å². The van der Waals surface area contributed by atoms with E-state index in [2.05, 4.69) is 0 Å². The molecule has 0 heterocycles. The topological polar surface area (TPSA) is 35.2 Å². The SMILES string of the molecule is Cc1cc(Oc2cccc(Cl)c2Cl)c(C(C)N)cc1F. The zero-order chi connectivity index (χ0) is 14.9. The van der Waals surface area contributed by atoms with Crippen LogP contribution in [0.1, 0.15) is 24.1 Å². The van der Waals surface area contributed by atoms with Gasteiger partial charge in [0.15, 0.2) is 0 Å². The average molecular weight is 314 g/mol. The van der Waals surface area contributed by atoms with Gasteiger partial charge in [-0.2, -0.15) is 0 Å². The summed E-state index contributed by atoms with van der Waals surface area (Å²) in [6, 6.07) is 7.71. The Balaban J connectivity index is 2.47. The molecule has 0 bridgehead atoms. The first-order valence-electron chi connectivity index (χ1n) is 6.07. The van der Waals surface area contributed by atoms with E-state index in [1.165, 1.54) is 6.07 Å². The first-order valence-corrected chi connectivity index (χ1v) is 6.83. The van der Waals surface area contributed by atoms with Crippen molar-refractivity contribution in [3.8, 4) is 11.5 Å². The first-order chi connectivity index (χ1) is 9.40. The van der Waals surface area contributed by atoms with E-state index in [9.17, 15) is 4.39 Å². The molecular weight excluding hydrogens is 300 g/mol. The predicted octanol–water partition coefficient (Wildman–Crippen LogP) is 5.25. The molecule has 0 saturated carbocycles. The lowest BCUT2D eigenvalue weighted by Crippen LogP contribution is -2.08. The Morgan fingerprint density at radius 2 is 1.90 bits per heavy atom. The summed E-state index contributed by atoms with van der Waals surface area (Å²) in [7, 11) is 0. The number of rotatable bonds is 3. The van der Waals surface area contributed by atoms with Crippen LogP contribution < -0.4 is 10.5 Å². The minimum atomic E-state index is -0.363. The van der Waals surface area contributed by atoms with Gasteiger partial charge in [0.2, 0.25) is 0 Å². The summed E-state index contributed by atoms with van der Waals surface area (Å²) in [6.07, 6.45) is 0. The molecule has 0 saturated heterocycles. The van der Waals surface area contributed by atoms with Gasteiger partial charge in [0, 0.05) is 11.6 Å². The van der Waals surface area contributed by atoms with Crippen LogP contribution in [0.5, 0.6) is 11.5 Å². The molecule has 0 spiro atoms. The number of benzene rings is 2. The second-order valence-corrected chi connectivity index (χ2v) is 5.37. The van der Waals surface area contributed by atoms with Gasteiger partial charge >= 0.3 is 0 Å². The van der Waals surface area contributed by atoms with Crippen LogP contribution in [0, 0.1) is 12.7 Å². The first kappa shape index (κ1) is 15.1. The molecule has 1 unspecified atom stereocenters. The molecule has 2 N–H and O–H groups in total. The van der Waals surface area contributed by atoms with Crippen LogP contribution in [0.3, 0.4) is 0 Å². The highest BCUT2D eigenvalue weighted by atomic mass is 35.5. The minimum Gasteiger partial charge on any atom is -0.455 e. The van der Waals surface area contributed by atoms with Crippen LogP contribution in [0.2, 0.25) is 10.0 Å². The summed E-state index contributed by atoms with van der Waals surface area (Å²) in [5.41, 5.74) is 6.90. The lowest BCUT2D eigenvalue weighted by atomic mass is 10.1. The molecule has 2 aromatic rings. The van der Waals surface area contributed by atoms with Crippen LogP contribution >= 0.6 is 23.2 Å². The molecule has 0 aliphatic carbocycles. The maximum Gasteiger partial charge on any atom is 0.147 e. The molecule has 2 aromatic carbocycles. The minimum absolute atomic E-state index is 0.312. The van der Waals surface area contributed by atoms with Gasteiger partial charge in [-0.15, -0.1) is 0 Å². The summed E-state index contributed by atoms with van der Waals surface area (Å²) in [4.78, 5) is 0. The standard InChI is InChI=1S/C15H14Cl2FNO/c1-8-6-14(10(9(2)19)7-12(8)18)20-13-5-3-4-11(16)15(13)17/h3-7,9H,19H2,1-2H3. The third-order valence-corrected chi connectivity index (χ3v) is 3.72. The number of ether oxygens (including phenoxy) is 1. The van der Waals surface area contributed by atoms with E-state index in [1.54, 1.807) is 38.1 Å². The molecule has 0 aliphatic rings. The highest BCUT2D eigenvalue weighted by molar-refractivity contribution is 6.42. The lowest BCUT2D eigenvalue weighted by Gasteiger charge is -2.16. The second-order valence-electron chi connectivity index (χ2n) is 4.58. The van der Waals surface area contributed by atoms with Gasteiger partial charge in [0.1, 0.15) is 22.3 Å². The highest BCUT2D eigenvalue weighted by Crippen LogP contribution is 2.37. The molecule has 2 nitrogen and oxygen atoms in total. The van der Waals surface area contributed by atoms with Gasteiger partial charge in [-0.25, -0.2) is 4.39 Å². The molecule has 2 rings (SSSR count). The van der Waals surface area contributed by atoms with Gasteiger partial charge in [-0.05, 0) is 43.7 Å². The fourth-order valence-corrected chi connectivity index (χ4v) is 2.13. The fourth-order valence-electron chi connectivity index (χ4n) is 1.80. The van der Waals surface area contributed by atoms with Crippen LogP contribution in [-0.2, 0) is 0 Å². The Labute approximate surface area is 127 Å². The number of hydrogen-bond acceptors (Lipinski definition) is 2. The molecule has 5 heteroatoms. The van der Waals surface area contributed by atoms with E-state index in [0.29, 0.717) is 32.7 Å². The molecule has 0 aliphatic heterocycles. The summed E-state index contributed by atoms with van der Waals surface area (Å²) in [5.74, 6) is 0.567. The molecule has 0 radical (unpaired) electrons. The van der Waals surface area contributed by atoms with Crippen molar-refractivity contribution in [1.29, 1.82) is 0 Å². The normalized spacial score (nSPS) is 12.3. The molecule has 0 amide bonds. The van der Waals surface area contributed by atoms with Crippen molar-refractivity contribution in [2.24, 2.45) is 5.73 Å². The highest BCUT2D eigenvalue weighted by Gasteiger charge is 2.15. The van der Waals surface area contributed by atoms with Gasteiger partial charge < -0.3 is 10.5 Å². The van der Waals surface area contributed by atoms with Crippen molar-refractivity contribution < 1.29 is 9.13 Å². The Kier molecular flexibility index (Phi) is 4.53. The maximum atomic E-state index is 13.6. The van der Waals surface area contributed by atoms with Gasteiger partial charge in [0.25, 0.3) is 0 Å². The lowest BCUT2D eigenvalue weighted by molar-refractivity contribution is 0.468. The molecular formula is C15H14Cl2FNO. The smallest absolute Gasteiger partial charge is 0.147 e. The van der Waals surface area contributed by atoms with Crippen molar-refractivity contribution in [3.05, 3.63) is 57.3 Å². The van der Waals surface area contributed by atoms with E-state index in [1.807, 2.05) is 0 Å². The Hall–Kier alpha value is -1.29. The summed E-state index contributed by atoms with van der Waals surface area (Å²) < 4.78 is 19.4. The Morgan fingerprint density at radius 3 is 2.55 bits per heavy atom. The Bertz CT molecular complexity index is 644. The monoisotopic (exact) mass is 313 g/mol. The zero-order valence-corrected chi connectivity index (χ0v) is 12.6. The summed E-state index contributed by atoms with van der Waals surface area (Å²) >= 11 is 12.0. The van der Waals surface area contributed by atoms with Crippen LogP contribution in [0.25, 0.3) is 0 Å². The number of hydrogen-bond donors (Lipinski definition) is 1. The van der Waals surface area contributed by atoms with Gasteiger partial charge in [-0.1, -0.05) is 29.3 Å². The van der Waals surface area contributed by atoms with E-state index >= 15 is 0 Å². The van der Waals surface area contributed by atoms with Crippen molar-refractivity contribution in [1.82, 2.24) is 0 Å². The van der Waals surface area contributed by atoms with Gasteiger partial charge in [-0.3, -0.25) is 0 Å². The van der Waals surface area contributed by atoms with E-state index in [4.69, 9.17) is 33.7 Å². The van der Waals surface area contributed by atoms with Crippen molar-refractivity contribution >= 4 is 23.2 Å².